The van der Waals surface area contributed by atoms with Crippen LogP contribution in [0.2, 0.25) is 0 Å². The van der Waals surface area contributed by atoms with Crippen molar-refractivity contribution in [3.63, 3.8) is 0 Å². The van der Waals surface area contributed by atoms with Gasteiger partial charge in [0.05, 0.1) is 13.3 Å². The number of aromatic nitrogens is 2. The maximum Gasteiger partial charge on any atom is 0.145 e. The normalized spacial score (nSPS) is 11.1. The zero-order chi connectivity index (χ0) is 11.1. The van der Waals surface area contributed by atoms with Crippen molar-refractivity contribution in [2.45, 2.75) is 0 Å². The zero-order valence-corrected chi connectivity index (χ0v) is 10.2. The first-order valence-electron chi connectivity index (χ1n) is 4.89. The van der Waals surface area contributed by atoms with Gasteiger partial charge in [0.1, 0.15) is 16.0 Å². The predicted molar refractivity (Wildman–Crippen MR) is 67.0 cm³/mol. The van der Waals surface area contributed by atoms with E-state index in [1.807, 2.05) is 28.8 Å². The van der Waals surface area contributed by atoms with Crippen LogP contribution in [0.4, 0.5) is 0 Å². The number of imidazole rings is 1. The topological polar surface area (TPSA) is 26.5 Å². The van der Waals surface area contributed by atoms with Crippen LogP contribution in [0.3, 0.4) is 0 Å². The Morgan fingerprint density at radius 1 is 1.31 bits per heavy atom. The molecule has 2 heterocycles. The molecule has 80 valence electrons. The largest absolute Gasteiger partial charge is 0.497 e. The second-order valence-electron chi connectivity index (χ2n) is 3.54. The fourth-order valence-corrected chi connectivity index (χ4v) is 2.23. The number of nitrogens with zero attached hydrogens (tertiary/aromatic N) is 2. The van der Waals surface area contributed by atoms with Gasteiger partial charge in [-0.05, 0) is 39.5 Å². The number of pyridine rings is 1. The predicted octanol–water partition coefficient (Wildman–Crippen LogP) is 3.26. The third-order valence-corrected chi connectivity index (χ3v) is 3.24. The van der Waals surface area contributed by atoms with Crippen molar-refractivity contribution < 1.29 is 4.74 Å². The van der Waals surface area contributed by atoms with Crippen molar-refractivity contribution >= 4 is 32.3 Å². The Morgan fingerprint density at radius 3 is 3.00 bits per heavy atom. The molecule has 0 aliphatic heterocycles. The standard InChI is InChI=1S/C12H9BrN2O/c1-16-9-3-2-8-4-5-15-11(13)7-14-12(15)10(8)6-9/h2-7H,1H3. The summed E-state index contributed by atoms with van der Waals surface area (Å²) in [6.07, 6.45) is 3.80. The molecule has 0 aliphatic carbocycles. The highest BCUT2D eigenvalue weighted by Crippen LogP contribution is 2.25. The molecule has 0 aliphatic rings. The molecule has 3 nitrogen and oxygen atoms in total. The first kappa shape index (κ1) is 9.66. The second kappa shape index (κ2) is 3.49. The van der Waals surface area contributed by atoms with Crippen molar-refractivity contribution in [1.82, 2.24) is 9.38 Å². The fraction of sp³-hybridized carbons (Fsp3) is 0.0833. The molecule has 0 atom stereocenters. The maximum absolute atomic E-state index is 5.23. The summed E-state index contributed by atoms with van der Waals surface area (Å²) in [5.41, 5.74) is 0.934. The van der Waals surface area contributed by atoms with Crippen molar-refractivity contribution in [2.24, 2.45) is 0 Å². The molecule has 4 heteroatoms. The van der Waals surface area contributed by atoms with Crippen LogP contribution in [0.15, 0.2) is 41.3 Å². The van der Waals surface area contributed by atoms with Crippen molar-refractivity contribution in [3.8, 4) is 5.75 Å². The van der Waals surface area contributed by atoms with Gasteiger partial charge >= 0.3 is 0 Å². The third-order valence-electron chi connectivity index (χ3n) is 2.66. The van der Waals surface area contributed by atoms with Crippen LogP contribution in [0.5, 0.6) is 5.75 Å². The summed E-state index contributed by atoms with van der Waals surface area (Å²) in [7, 11) is 1.67. The van der Waals surface area contributed by atoms with Gasteiger partial charge in [-0.25, -0.2) is 4.98 Å². The number of fused-ring (bicyclic) bond motifs is 3. The van der Waals surface area contributed by atoms with Gasteiger partial charge in [-0.3, -0.25) is 4.40 Å². The summed E-state index contributed by atoms with van der Waals surface area (Å²) in [4.78, 5) is 4.38. The van der Waals surface area contributed by atoms with Gasteiger partial charge in [0.15, 0.2) is 0 Å². The quantitative estimate of drug-likeness (QED) is 0.682. The second-order valence-corrected chi connectivity index (χ2v) is 4.36. The minimum absolute atomic E-state index is 0.847. The summed E-state index contributed by atoms with van der Waals surface area (Å²) in [5, 5.41) is 2.25. The van der Waals surface area contributed by atoms with Crippen LogP contribution in [0.1, 0.15) is 0 Å². The molecule has 0 fully saturated rings. The molecule has 3 rings (SSSR count). The highest BCUT2D eigenvalue weighted by molar-refractivity contribution is 9.10. The van der Waals surface area contributed by atoms with Gasteiger partial charge in [-0.2, -0.15) is 0 Å². The van der Waals surface area contributed by atoms with E-state index in [1.54, 1.807) is 13.3 Å². The molecule has 0 N–H and O–H groups in total. The Kier molecular flexibility index (Phi) is 2.11. The van der Waals surface area contributed by atoms with Gasteiger partial charge in [0, 0.05) is 11.6 Å². The summed E-state index contributed by atoms with van der Waals surface area (Å²) in [6.45, 7) is 0. The number of hydrogen-bond acceptors (Lipinski definition) is 2. The smallest absolute Gasteiger partial charge is 0.145 e. The van der Waals surface area contributed by atoms with E-state index in [1.165, 1.54) is 0 Å². The van der Waals surface area contributed by atoms with Crippen LogP contribution in [-0.4, -0.2) is 16.5 Å². The summed E-state index contributed by atoms with van der Waals surface area (Å²) in [5.74, 6) is 0.847. The van der Waals surface area contributed by atoms with Crippen LogP contribution in [-0.2, 0) is 0 Å². The molecule has 0 unspecified atom stereocenters. The van der Waals surface area contributed by atoms with Crippen molar-refractivity contribution in [3.05, 3.63) is 41.3 Å². The minimum Gasteiger partial charge on any atom is -0.497 e. The van der Waals surface area contributed by atoms with Crippen molar-refractivity contribution in [2.75, 3.05) is 7.11 Å². The first-order chi connectivity index (χ1) is 7.79. The van der Waals surface area contributed by atoms with Crippen LogP contribution < -0.4 is 4.74 Å². The molecule has 0 amide bonds. The van der Waals surface area contributed by atoms with E-state index in [4.69, 9.17) is 4.74 Å². The molecule has 0 spiro atoms. The number of benzene rings is 1. The Labute approximate surface area is 101 Å². The van der Waals surface area contributed by atoms with E-state index >= 15 is 0 Å². The number of ether oxygens (including phenoxy) is 1. The van der Waals surface area contributed by atoms with Crippen LogP contribution >= 0.6 is 15.9 Å². The molecule has 3 aromatic rings. The lowest BCUT2D eigenvalue weighted by atomic mass is 10.1. The third kappa shape index (κ3) is 1.30. The van der Waals surface area contributed by atoms with Gasteiger partial charge in [-0.1, -0.05) is 6.07 Å². The van der Waals surface area contributed by atoms with Gasteiger partial charge in [0.25, 0.3) is 0 Å². The van der Waals surface area contributed by atoms with E-state index in [0.717, 1.165) is 26.8 Å². The molecule has 2 aromatic heterocycles. The lowest BCUT2D eigenvalue weighted by Gasteiger charge is -2.04. The fourth-order valence-electron chi connectivity index (χ4n) is 1.84. The molecule has 1 aromatic carbocycles. The highest BCUT2D eigenvalue weighted by Gasteiger charge is 2.05. The summed E-state index contributed by atoms with van der Waals surface area (Å²) in [6, 6.07) is 8.06. The maximum atomic E-state index is 5.23. The van der Waals surface area contributed by atoms with E-state index in [2.05, 4.69) is 27.0 Å². The van der Waals surface area contributed by atoms with E-state index in [0.29, 0.717) is 0 Å². The Morgan fingerprint density at radius 2 is 2.19 bits per heavy atom. The zero-order valence-electron chi connectivity index (χ0n) is 8.64. The average Bonchev–Trinajstić information content (AvgIpc) is 2.71. The number of rotatable bonds is 1. The molecule has 16 heavy (non-hydrogen) atoms. The Balaban J connectivity index is 2.47. The SMILES string of the molecule is COc1ccc2ccn3c(Br)cnc3c2c1. The number of halogens is 1. The van der Waals surface area contributed by atoms with E-state index in [-0.39, 0.29) is 0 Å². The highest BCUT2D eigenvalue weighted by atomic mass is 79.9. The minimum atomic E-state index is 0.847. The van der Waals surface area contributed by atoms with Gasteiger partial charge < -0.3 is 4.74 Å². The van der Waals surface area contributed by atoms with Crippen molar-refractivity contribution in [1.29, 1.82) is 0 Å². The Hall–Kier alpha value is -1.55. The van der Waals surface area contributed by atoms with Gasteiger partial charge in [-0.15, -0.1) is 0 Å². The molecule has 0 saturated heterocycles. The van der Waals surface area contributed by atoms with Crippen LogP contribution in [0.25, 0.3) is 16.4 Å². The lowest BCUT2D eigenvalue weighted by molar-refractivity contribution is 0.415. The summed E-state index contributed by atoms with van der Waals surface area (Å²) < 4.78 is 8.18. The number of hydrogen-bond donors (Lipinski definition) is 0. The lowest BCUT2D eigenvalue weighted by Crippen LogP contribution is -1.88. The Bertz CT molecular complexity index is 675. The summed E-state index contributed by atoms with van der Waals surface area (Å²) >= 11 is 3.46. The average molecular weight is 277 g/mol. The monoisotopic (exact) mass is 276 g/mol. The molecular weight excluding hydrogens is 268 g/mol. The van der Waals surface area contributed by atoms with E-state index < -0.39 is 0 Å². The molecule has 0 bridgehead atoms. The molecule has 0 saturated carbocycles. The molecule has 0 radical (unpaired) electrons. The van der Waals surface area contributed by atoms with E-state index in [9.17, 15) is 0 Å². The molecular formula is C12H9BrN2O. The van der Waals surface area contributed by atoms with Crippen LogP contribution in [0, 0.1) is 0 Å². The van der Waals surface area contributed by atoms with Gasteiger partial charge in [0.2, 0.25) is 0 Å². The first-order valence-corrected chi connectivity index (χ1v) is 5.68. The number of methoxy groups -OCH3 is 1.